The highest BCUT2D eigenvalue weighted by atomic mass is 79.9. The van der Waals surface area contributed by atoms with Gasteiger partial charge in [-0.1, -0.05) is 42.1 Å². The van der Waals surface area contributed by atoms with E-state index >= 15 is 0 Å². The van der Waals surface area contributed by atoms with Crippen molar-refractivity contribution in [1.82, 2.24) is 14.8 Å². The molecule has 29 heavy (non-hydrogen) atoms. The van der Waals surface area contributed by atoms with E-state index in [-0.39, 0.29) is 5.76 Å². The summed E-state index contributed by atoms with van der Waals surface area (Å²) in [7, 11) is 1.33. The normalized spacial score (nSPS) is 11.0. The average molecular weight is 474 g/mol. The third kappa shape index (κ3) is 4.30. The number of hydrogen-bond donors (Lipinski definition) is 0. The largest absolute Gasteiger partial charge is 0.463 e. The van der Waals surface area contributed by atoms with Crippen molar-refractivity contribution < 1.29 is 18.4 Å². The average Bonchev–Trinajstić information content (AvgIpc) is 3.46. The van der Waals surface area contributed by atoms with Crippen molar-refractivity contribution in [1.29, 1.82) is 0 Å². The third-order valence-electron chi connectivity index (χ3n) is 4.17. The lowest BCUT2D eigenvalue weighted by molar-refractivity contribution is 0.0564. The van der Waals surface area contributed by atoms with Gasteiger partial charge in [-0.25, -0.2) is 4.79 Å². The minimum absolute atomic E-state index is 0.198. The molecule has 0 N–H and O–H groups in total. The summed E-state index contributed by atoms with van der Waals surface area (Å²) < 4.78 is 18.3. The summed E-state index contributed by atoms with van der Waals surface area (Å²) in [6.07, 6.45) is 1.47. The Hall–Kier alpha value is -2.78. The second kappa shape index (κ2) is 8.71. The molecule has 3 heterocycles. The van der Waals surface area contributed by atoms with Gasteiger partial charge in [0.1, 0.15) is 0 Å². The molecule has 4 rings (SSSR count). The zero-order valence-corrected chi connectivity index (χ0v) is 17.8. The Kier molecular flexibility index (Phi) is 5.86. The molecule has 0 bridgehead atoms. The Morgan fingerprint density at radius 2 is 2.00 bits per heavy atom. The molecule has 7 nitrogen and oxygen atoms in total. The van der Waals surface area contributed by atoms with Crippen molar-refractivity contribution in [2.24, 2.45) is 0 Å². The second-order valence-electron chi connectivity index (χ2n) is 6.04. The van der Waals surface area contributed by atoms with Gasteiger partial charge in [0, 0.05) is 11.3 Å². The molecular weight excluding hydrogens is 458 g/mol. The molecule has 0 amide bonds. The maximum Gasteiger partial charge on any atom is 0.374 e. The van der Waals surface area contributed by atoms with Crippen molar-refractivity contribution in [2.45, 2.75) is 17.5 Å². The van der Waals surface area contributed by atoms with Crippen molar-refractivity contribution in [3.63, 3.8) is 0 Å². The molecule has 0 radical (unpaired) electrons. The van der Waals surface area contributed by atoms with E-state index in [1.807, 2.05) is 47.0 Å². The first-order chi connectivity index (χ1) is 14.2. The van der Waals surface area contributed by atoms with Gasteiger partial charge < -0.3 is 13.6 Å². The number of hydrogen-bond acceptors (Lipinski definition) is 7. The fraction of sp³-hybridized carbons (Fsp3) is 0.150. The molecule has 4 aromatic rings. The van der Waals surface area contributed by atoms with Crippen LogP contribution in [0.1, 0.15) is 21.7 Å². The molecule has 0 saturated heterocycles. The minimum Gasteiger partial charge on any atom is -0.463 e. The Morgan fingerprint density at radius 3 is 2.72 bits per heavy atom. The van der Waals surface area contributed by atoms with Crippen molar-refractivity contribution in [3.05, 3.63) is 76.4 Å². The summed E-state index contributed by atoms with van der Waals surface area (Å²) in [4.78, 5) is 11.8. The van der Waals surface area contributed by atoms with E-state index in [1.54, 1.807) is 6.07 Å². The van der Waals surface area contributed by atoms with E-state index in [4.69, 9.17) is 13.6 Å². The van der Waals surface area contributed by atoms with Crippen LogP contribution < -0.4 is 0 Å². The van der Waals surface area contributed by atoms with Crippen LogP contribution in [-0.2, 0) is 17.0 Å². The van der Waals surface area contributed by atoms with Crippen LogP contribution in [0, 0.1) is 0 Å². The summed E-state index contributed by atoms with van der Waals surface area (Å²) in [6.45, 7) is 0.582. The molecule has 0 aliphatic carbocycles. The fourth-order valence-electron chi connectivity index (χ4n) is 2.78. The number of carbonyl (C=O) groups is 1. The summed E-state index contributed by atoms with van der Waals surface area (Å²) in [6, 6.07) is 15.5. The number of furan rings is 2. The molecular formula is C20H16BrN3O4S. The van der Waals surface area contributed by atoms with E-state index in [9.17, 15) is 4.79 Å². The van der Waals surface area contributed by atoms with Gasteiger partial charge in [-0.3, -0.25) is 4.57 Å². The Bertz CT molecular complexity index is 1120. The summed E-state index contributed by atoms with van der Waals surface area (Å²) in [5.41, 5.74) is 1.85. The fourth-order valence-corrected chi connectivity index (χ4v) is 4.01. The summed E-state index contributed by atoms with van der Waals surface area (Å²) >= 11 is 4.79. The van der Waals surface area contributed by atoms with Gasteiger partial charge in [0.25, 0.3) is 0 Å². The lowest BCUT2D eigenvalue weighted by atomic mass is 10.2. The number of esters is 1. The Morgan fingerprint density at radius 1 is 1.17 bits per heavy atom. The molecule has 3 aromatic heterocycles. The third-order valence-corrected chi connectivity index (χ3v) is 5.61. The molecule has 0 atom stereocenters. The number of methoxy groups -OCH3 is 1. The molecule has 0 aliphatic heterocycles. The SMILES string of the molecule is COC(=O)c1occc1CSc1nnc(-c2ccc(Br)o2)n1Cc1ccccc1. The van der Waals surface area contributed by atoms with Gasteiger partial charge in [0.2, 0.25) is 11.6 Å². The van der Waals surface area contributed by atoms with Gasteiger partial charge in [-0.15, -0.1) is 10.2 Å². The number of aromatic nitrogens is 3. The van der Waals surface area contributed by atoms with E-state index in [0.29, 0.717) is 33.7 Å². The predicted molar refractivity (Wildman–Crippen MR) is 111 cm³/mol. The molecule has 0 aliphatic rings. The van der Waals surface area contributed by atoms with Crippen LogP contribution in [0.25, 0.3) is 11.6 Å². The highest BCUT2D eigenvalue weighted by Crippen LogP contribution is 2.30. The first-order valence-corrected chi connectivity index (χ1v) is 10.4. The number of thioether (sulfide) groups is 1. The highest BCUT2D eigenvalue weighted by Gasteiger charge is 2.20. The molecule has 1 aromatic carbocycles. The van der Waals surface area contributed by atoms with Gasteiger partial charge in [-0.2, -0.15) is 0 Å². The van der Waals surface area contributed by atoms with E-state index < -0.39 is 5.97 Å². The smallest absolute Gasteiger partial charge is 0.374 e. The zero-order chi connectivity index (χ0) is 20.2. The van der Waals surface area contributed by atoms with E-state index in [1.165, 1.54) is 25.1 Å². The van der Waals surface area contributed by atoms with Crippen LogP contribution in [0.5, 0.6) is 0 Å². The minimum atomic E-state index is -0.502. The van der Waals surface area contributed by atoms with Crippen LogP contribution in [0.4, 0.5) is 0 Å². The standard InChI is InChI=1S/C20H16BrN3O4S/c1-26-19(25)17-14(9-10-27-17)12-29-20-23-22-18(15-7-8-16(21)28-15)24(20)11-13-5-3-2-4-6-13/h2-10H,11-12H2,1H3. The molecule has 9 heteroatoms. The van der Waals surface area contributed by atoms with Gasteiger partial charge >= 0.3 is 5.97 Å². The summed E-state index contributed by atoms with van der Waals surface area (Å²) in [5.74, 6) is 1.42. The van der Waals surface area contributed by atoms with E-state index in [0.717, 1.165) is 11.1 Å². The van der Waals surface area contributed by atoms with Crippen LogP contribution in [0.2, 0.25) is 0 Å². The maximum atomic E-state index is 11.8. The van der Waals surface area contributed by atoms with Gasteiger partial charge in [0.05, 0.1) is 19.9 Å². The Labute approximate surface area is 179 Å². The van der Waals surface area contributed by atoms with Gasteiger partial charge in [-0.05, 0) is 39.7 Å². The predicted octanol–water partition coefficient (Wildman–Crippen LogP) is 5.02. The molecule has 148 valence electrons. The zero-order valence-electron chi connectivity index (χ0n) is 15.4. The lowest BCUT2D eigenvalue weighted by Crippen LogP contribution is -2.05. The number of ether oxygens (including phenoxy) is 1. The number of nitrogens with zero attached hydrogens (tertiary/aromatic N) is 3. The van der Waals surface area contributed by atoms with E-state index in [2.05, 4.69) is 26.1 Å². The molecule has 0 unspecified atom stereocenters. The molecule has 0 fully saturated rings. The van der Waals surface area contributed by atoms with Crippen molar-refractivity contribution >= 4 is 33.7 Å². The van der Waals surface area contributed by atoms with Crippen molar-refractivity contribution in [3.8, 4) is 11.6 Å². The van der Waals surface area contributed by atoms with Gasteiger partial charge in [0.15, 0.2) is 15.6 Å². The number of halogens is 1. The van der Waals surface area contributed by atoms with Crippen LogP contribution in [0.3, 0.4) is 0 Å². The molecule has 0 spiro atoms. The lowest BCUT2D eigenvalue weighted by Gasteiger charge is -2.09. The first-order valence-electron chi connectivity index (χ1n) is 8.66. The first kappa shape index (κ1) is 19.5. The number of carbonyl (C=O) groups excluding carboxylic acids is 1. The molecule has 0 saturated carbocycles. The quantitative estimate of drug-likeness (QED) is 0.275. The maximum absolute atomic E-state index is 11.8. The highest BCUT2D eigenvalue weighted by molar-refractivity contribution is 9.10. The second-order valence-corrected chi connectivity index (χ2v) is 7.76. The monoisotopic (exact) mass is 473 g/mol. The van der Waals surface area contributed by atoms with Crippen LogP contribution in [0.15, 0.2) is 73.5 Å². The van der Waals surface area contributed by atoms with Crippen LogP contribution in [-0.4, -0.2) is 27.8 Å². The number of benzene rings is 1. The summed E-state index contributed by atoms with van der Waals surface area (Å²) in [5, 5.41) is 9.38. The van der Waals surface area contributed by atoms with Crippen molar-refractivity contribution in [2.75, 3.05) is 7.11 Å². The topological polar surface area (TPSA) is 83.3 Å². The Balaban J connectivity index is 1.64. The van der Waals surface area contributed by atoms with Crippen LogP contribution >= 0.6 is 27.7 Å². The number of rotatable bonds is 7.